The summed E-state index contributed by atoms with van der Waals surface area (Å²) in [5, 5.41) is 6.55. The van der Waals surface area contributed by atoms with Crippen LogP contribution in [0, 0.1) is 0 Å². The minimum Gasteiger partial charge on any atom is -0.493 e. The van der Waals surface area contributed by atoms with E-state index in [9.17, 15) is 0 Å². The fraction of sp³-hybridized carbons (Fsp3) is 0.476. The van der Waals surface area contributed by atoms with Crippen molar-refractivity contribution in [2.75, 3.05) is 13.7 Å². The highest BCUT2D eigenvalue weighted by Gasteiger charge is 2.20. The molecular formula is C21H29N3O3. The molecule has 2 N–H and O–H groups in total. The molecule has 1 aromatic carbocycles. The molecule has 6 nitrogen and oxygen atoms in total. The summed E-state index contributed by atoms with van der Waals surface area (Å²) in [5.74, 6) is 3.19. The molecule has 0 aliphatic heterocycles. The quantitative estimate of drug-likeness (QED) is 0.545. The zero-order valence-corrected chi connectivity index (χ0v) is 16.2. The normalized spacial score (nSPS) is 15.0. The van der Waals surface area contributed by atoms with Crippen molar-refractivity contribution in [3.63, 3.8) is 0 Å². The molecule has 1 heterocycles. The van der Waals surface area contributed by atoms with Crippen LogP contribution >= 0.6 is 0 Å². The first-order chi connectivity index (χ1) is 13.3. The molecule has 6 heteroatoms. The van der Waals surface area contributed by atoms with Gasteiger partial charge >= 0.3 is 0 Å². The molecule has 0 amide bonds. The SMILES string of the molecule is CCNC(=NCc1cccc(OC)c1OC1CCCC1)NCc1ccco1. The summed E-state index contributed by atoms with van der Waals surface area (Å²) >= 11 is 0. The van der Waals surface area contributed by atoms with Gasteiger partial charge in [-0.1, -0.05) is 12.1 Å². The summed E-state index contributed by atoms with van der Waals surface area (Å²) in [6.07, 6.45) is 6.62. The summed E-state index contributed by atoms with van der Waals surface area (Å²) < 4.78 is 17.2. The van der Waals surface area contributed by atoms with E-state index in [2.05, 4.69) is 10.6 Å². The van der Waals surface area contributed by atoms with E-state index in [0.717, 1.165) is 48.2 Å². The standard InChI is InChI=1S/C21H29N3O3/c1-3-22-21(24-15-18-11-7-13-26-18)23-14-16-8-6-12-19(25-2)20(16)27-17-9-4-5-10-17/h6-8,11-13,17H,3-5,9-10,14-15H2,1-2H3,(H2,22,23,24). The van der Waals surface area contributed by atoms with Crippen LogP contribution in [0.2, 0.25) is 0 Å². The lowest BCUT2D eigenvalue weighted by Crippen LogP contribution is -2.36. The van der Waals surface area contributed by atoms with Crippen molar-refractivity contribution in [3.8, 4) is 11.5 Å². The van der Waals surface area contributed by atoms with Crippen molar-refractivity contribution in [3.05, 3.63) is 47.9 Å². The molecule has 146 valence electrons. The highest BCUT2D eigenvalue weighted by atomic mass is 16.5. The summed E-state index contributed by atoms with van der Waals surface area (Å²) in [7, 11) is 1.68. The Balaban J connectivity index is 1.72. The average molecular weight is 371 g/mol. The molecular weight excluding hydrogens is 342 g/mol. The van der Waals surface area contributed by atoms with E-state index < -0.39 is 0 Å². The molecule has 1 aliphatic carbocycles. The van der Waals surface area contributed by atoms with Crippen molar-refractivity contribution >= 4 is 5.96 Å². The number of nitrogens with zero attached hydrogens (tertiary/aromatic N) is 1. The van der Waals surface area contributed by atoms with Crippen LogP contribution in [0.25, 0.3) is 0 Å². The third-order valence-electron chi connectivity index (χ3n) is 4.63. The number of nitrogens with one attached hydrogen (secondary N) is 2. The molecule has 1 aliphatic rings. The fourth-order valence-electron chi connectivity index (χ4n) is 3.24. The average Bonchev–Trinajstić information content (AvgIpc) is 3.39. The number of hydrogen-bond acceptors (Lipinski definition) is 4. The van der Waals surface area contributed by atoms with Crippen molar-refractivity contribution in [2.24, 2.45) is 4.99 Å². The minimum absolute atomic E-state index is 0.273. The van der Waals surface area contributed by atoms with E-state index in [0.29, 0.717) is 13.1 Å². The Labute approximate surface area is 161 Å². The number of aliphatic imine (C=N–C) groups is 1. The number of ether oxygens (including phenoxy) is 2. The zero-order valence-electron chi connectivity index (χ0n) is 16.2. The van der Waals surface area contributed by atoms with E-state index in [1.165, 1.54) is 12.8 Å². The first-order valence-electron chi connectivity index (χ1n) is 9.67. The molecule has 0 spiro atoms. The Morgan fingerprint density at radius 1 is 1.19 bits per heavy atom. The van der Waals surface area contributed by atoms with Gasteiger partial charge in [0.25, 0.3) is 0 Å². The van der Waals surface area contributed by atoms with Gasteiger partial charge < -0.3 is 24.5 Å². The summed E-state index contributed by atoms with van der Waals surface area (Å²) in [5.41, 5.74) is 1.02. The number of methoxy groups -OCH3 is 1. The van der Waals surface area contributed by atoms with E-state index in [4.69, 9.17) is 18.9 Å². The Morgan fingerprint density at radius 2 is 2.04 bits per heavy atom. The van der Waals surface area contributed by atoms with Crippen LogP contribution in [-0.2, 0) is 13.1 Å². The zero-order chi connectivity index (χ0) is 18.9. The topological polar surface area (TPSA) is 68.0 Å². The molecule has 1 fully saturated rings. The Hall–Kier alpha value is -2.63. The van der Waals surface area contributed by atoms with Crippen molar-refractivity contribution in [1.29, 1.82) is 0 Å². The lowest BCUT2D eigenvalue weighted by Gasteiger charge is -2.19. The molecule has 0 unspecified atom stereocenters. The Kier molecular flexibility index (Phi) is 7.02. The molecule has 2 aromatic rings. The first kappa shape index (κ1) is 19.1. The molecule has 0 bridgehead atoms. The van der Waals surface area contributed by atoms with Gasteiger partial charge in [-0.3, -0.25) is 0 Å². The van der Waals surface area contributed by atoms with Gasteiger partial charge in [0.2, 0.25) is 0 Å². The van der Waals surface area contributed by atoms with Gasteiger partial charge in [0, 0.05) is 12.1 Å². The second-order valence-corrected chi connectivity index (χ2v) is 6.60. The summed E-state index contributed by atoms with van der Waals surface area (Å²) in [4.78, 5) is 4.71. The second kappa shape index (κ2) is 9.90. The molecule has 1 saturated carbocycles. The van der Waals surface area contributed by atoms with Crippen LogP contribution in [0.15, 0.2) is 46.0 Å². The number of para-hydroxylation sites is 1. The number of furan rings is 1. The second-order valence-electron chi connectivity index (χ2n) is 6.60. The molecule has 27 heavy (non-hydrogen) atoms. The predicted molar refractivity (Wildman–Crippen MR) is 106 cm³/mol. The molecule has 3 rings (SSSR count). The van der Waals surface area contributed by atoms with E-state index in [-0.39, 0.29) is 6.10 Å². The van der Waals surface area contributed by atoms with Gasteiger partial charge in [-0.15, -0.1) is 0 Å². The van der Waals surface area contributed by atoms with Crippen LogP contribution < -0.4 is 20.1 Å². The largest absolute Gasteiger partial charge is 0.493 e. The van der Waals surface area contributed by atoms with Crippen LogP contribution in [0.5, 0.6) is 11.5 Å². The van der Waals surface area contributed by atoms with Crippen LogP contribution in [0.4, 0.5) is 0 Å². The fourth-order valence-corrected chi connectivity index (χ4v) is 3.24. The monoisotopic (exact) mass is 371 g/mol. The van der Waals surface area contributed by atoms with Crippen LogP contribution in [0.1, 0.15) is 43.9 Å². The molecule has 0 atom stereocenters. The van der Waals surface area contributed by atoms with E-state index in [1.54, 1.807) is 13.4 Å². The highest BCUT2D eigenvalue weighted by molar-refractivity contribution is 5.79. The van der Waals surface area contributed by atoms with Crippen molar-refractivity contribution < 1.29 is 13.9 Å². The number of rotatable bonds is 8. The van der Waals surface area contributed by atoms with Gasteiger partial charge in [0.1, 0.15) is 5.76 Å². The van der Waals surface area contributed by atoms with Gasteiger partial charge in [-0.2, -0.15) is 0 Å². The predicted octanol–water partition coefficient (Wildman–Crippen LogP) is 3.86. The van der Waals surface area contributed by atoms with Crippen LogP contribution in [-0.4, -0.2) is 25.7 Å². The molecule has 1 aromatic heterocycles. The number of guanidine groups is 1. The third kappa shape index (κ3) is 5.42. The highest BCUT2D eigenvalue weighted by Crippen LogP contribution is 2.35. The van der Waals surface area contributed by atoms with Crippen molar-refractivity contribution in [2.45, 2.75) is 51.8 Å². The van der Waals surface area contributed by atoms with Gasteiger partial charge in [-0.25, -0.2) is 4.99 Å². The number of benzene rings is 1. The Bertz CT molecular complexity index is 722. The van der Waals surface area contributed by atoms with Gasteiger partial charge in [0.05, 0.1) is 32.6 Å². The maximum atomic E-state index is 6.29. The minimum atomic E-state index is 0.273. The molecule has 0 saturated heterocycles. The van der Waals surface area contributed by atoms with Gasteiger partial charge in [0.15, 0.2) is 17.5 Å². The maximum absolute atomic E-state index is 6.29. The smallest absolute Gasteiger partial charge is 0.191 e. The Morgan fingerprint density at radius 3 is 2.74 bits per heavy atom. The van der Waals surface area contributed by atoms with Crippen LogP contribution in [0.3, 0.4) is 0 Å². The van der Waals surface area contributed by atoms with Crippen molar-refractivity contribution in [1.82, 2.24) is 10.6 Å². The summed E-state index contributed by atoms with van der Waals surface area (Å²) in [6, 6.07) is 9.79. The van der Waals surface area contributed by atoms with E-state index in [1.807, 2.05) is 37.3 Å². The van der Waals surface area contributed by atoms with E-state index >= 15 is 0 Å². The first-order valence-corrected chi connectivity index (χ1v) is 9.67. The lowest BCUT2D eigenvalue weighted by atomic mass is 10.1. The summed E-state index contributed by atoms with van der Waals surface area (Å²) in [6.45, 7) is 3.92. The maximum Gasteiger partial charge on any atom is 0.191 e. The lowest BCUT2D eigenvalue weighted by molar-refractivity contribution is 0.198. The van der Waals surface area contributed by atoms with Gasteiger partial charge in [-0.05, 0) is 50.8 Å². The number of hydrogen-bond donors (Lipinski definition) is 2. The third-order valence-corrected chi connectivity index (χ3v) is 4.63. The molecule has 0 radical (unpaired) electrons.